The fourth-order valence-electron chi connectivity index (χ4n) is 2.78. The van der Waals surface area contributed by atoms with E-state index in [1.54, 1.807) is 0 Å². The van der Waals surface area contributed by atoms with Gasteiger partial charge in [0.1, 0.15) is 0 Å². The van der Waals surface area contributed by atoms with Crippen molar-refractivity contribution in [2.45, 2.75) is 25.3 Å². The number of benzene rings is 1. The van der Waals surface area contributed by atoms with E-state index in [0.29, 0.717) is 37.8 Å². The molecule has 2 amide bonds. The molecule has 8 heteroatoms. The summed E-state index contributed by atoms with van der Waals surface area (Å²) in [7, 11) is 0. The number of anilines is 1. The number of halogens is 2. The summed E-state index contributed by atoms with van der Waals surface area (Å²) >= 11 is 0. The van der Waals surface area contributed by atoms with Crippen LogP contribution in [-0.2, 0) is 16.0 Å². The third kappa shape index (κ3) is 6.72. The number of rotatable bonds is 5. The van der Waals surface area contributed by atoms with Gasteiger partial charge in [-0.25, -0.2) is 0 Å². The van der Waals surface area contributed by atoms with Gasteiger partial charge in [-0.2, -0.15) is 0 Å². The molecule has 0 aromatic heterocycles. The summed E-state index contributed by atoms with van der Waals surface area (Å²) in [4.78, 5) is 28.1. The molecule has 0 bridgehead atoms. The smallest absolute Gasteiger partial charge is 0.234 e. The molecule has 0 radical (unpaired) electrons. The molecule has 3 N–H and O–H groups in total. The number of nitrogens with zero attached hydrogens (tertiary/aromatic N) is 2. The molecule has 0 spiro atoms. The van der Waals surface area contributed by atoms with E-state index in [1.807, 2.05) is 29.2 Å². The number of nitrogen functional groups attached to an aromatic ring is 1. The Labute approximate surface area is 160 Å². The van der Waals surface area contributed by atoms with E-state index in [4.69, 9.17) is 5.73 Å². The molecule has 25 heavy (non-hydrogen) atoms. The van der Waals surface area contributed by atoms with Crippen LogP contribution in [0.1, 0.15) is 18.4 Å². The lowest BCUT2D eigenvalue weighted by Gasteiger charge is -2.34. The maximum absolute atomic E-state index is 12.3. The monoisotopic (exact) mass is 388 g/mol. The average molecular weight is 389 g/mol. The van der Waals surface area contributed by atoms with E-state index in [9.17, 15) is 9.59 Å². The van der Waals surface area contributed by atoms with Crippen molar-refractivity contribution in [1.29, 1.82) is 0 Å². The van der Waals surface area contributed by atoms with Crippen LogP contribution in [0.2, 0.25) is 0 Å². The first-order chi connectivity index (χ1) is 11.1. The van der Waals surface area contributed by atoms with Gasteiger partial charge in [0.2, 0.25) is 11.8 Å². The van der Waals surface area contributed by atoms with E-state index in [2.05, 4.69) is 10.2 Å². The van der Waals surface area contributed by atoms with Crippen molar-refractivity contribution in [2.24, 2.45) is 0 Å². The number of hydrogen-bond acceptors (Lipinski definition) is 4. The Balaban J connectivity index is 0.00000156. The van der Waals surface area contributed by atoms with Crippen LogP contribution in [-0.4, -0.2) is 60.4 Å². The minimum atomic E-state index is 0. The normalized spacial score (nSPS) is 17.2. The second-order valence-electron chi connectivity index (χ2n) is 6.42. The average Bonchev–Trinajstić information content (AvgIpc) is 3.34. The molecular formula is C17H26Cl2N4O2. The maximum atomic E-state index is 12.3. The molecule has 1 aliphatic heterocycles. The molecule has 1 aliphatic carbocycles. The highest BCUT2D eigenvalue weighted by atomic mass is 35.5. The summed E-state index contributed by atoms with van der Waals surface area (Å²) in [5.74, 6) is 0.242. The minimum absolute atomic E-state index is 0. The molecule has 2 aliphatic rings. The van der Waals surface area contributed by atoms with Crippen LogP contribution in [0, 0.1) is 0 Å². The van der Waals surface area contributed by atoms with Crippen LogP contribution < -0.4 is 11.1 Å². The molecule has 1 heterocycles. The van der Waals surface area contributed by atoms with Gasteiger partial charge in [-0.05, 0) is 30.5 Å². The van der Waals surface area contributed by atoms with Crippen LogP contribution in [0.3, 0.4) is 0 Å². The van der Waals surface area contributed by atoms with Gasteiger partial charge in [-0.3, -0.25) is 14.5 Å². The molecule has 1 aromatic rings. The van der Waals surface area contributed by atoms with Gasteiger partial charge in [0.05, 0.1) is 13.0 Å². The molecule has 1 aromatic carbocycles. The lowest BCUT2D eigenvalue weighted by Crippen LogP contribution is -2.51. The van der Waals surface area contributed by atoms with Crippen molar-refractivity contribution >= 4 is 42.3 Å². The van der Waals surface area contributed by atoms with Gasteiger partial charge in [0.25, 0.3) is 0 Å². The van der Waals surface area contributed by atoms with Crippen molar-refractivity contribution < 1.29 is 9.59 Å². The summed E-state index contributed by atoms with van der Waals surface area (Å²) in [6, 6.07) is 7.83. The highest BCUT2D eigenvalue weighted by Gasteiger charge is 2.26. The lowest BCUT2D eigenvalue weighted by atomic mass is 10.1. The summed E-state index contributed by atoms with van der Waals surface area (Å²) in [6.07, 6.45) is 2.63. The van der Waals surface area contributed by atoms with Crippen LogP contribution in [0.15, 0.2) is 24.3 Å². The second kappa shape index (κ2) is 9.85. The van der Waals surface area contributed by atoms with Crippen molar-refractivity contribution in [3.8, 4) is 0 Å². The molecule has 140 valence electrons. The first-order valence-electron chi connectivity index (χ1n) is 8.24. The zero-order chi connectivity index (χ0) is 16.2. The van der Waals surface area contributed by atoms with Crippen molar-refractivity contribution in [1.82, 2.24) is 15.1 Å². The van der Waals surface area contributed by atoms with Gasteiger partial charge in [0.15, 0.2) is 0 Å². The highest BCUT2D eigenvalue weighted by molar-refractivity contribution is 5.85. The zero-order valence-corrected chi connectivity index (χ0v) is 15.8. The number of nitrogens with two attached hydrogens (primary N) is 1. The summed E-state index contributed by atoms with van der Waals surface area (Å²) < 4.78 is 0. The Kier molecular flexibility index (Phi) is 8.48. The summed E-state index contributed by atoms with van der Waals surface area (Å²) in [5.41, 5.74) is 7.35. The van der Waals surface area contributed by atoms with Gasteiger partial charge >= 0.3 is 0 Å². The second-order valence-corrected chi connectivity index (χ2v) is 6.42. The molecular weight excluding hydrogens is 363 g/mol. The van der Waals surface area contributed by atoms with Crippen molar-refractivity contribution in [3.63, 3.8) is 0 Å². The van der Waals surface area contributed by atoms with Crippen LogP contribution in [0.4, 0.5) is 5.69 Å². The third-order valence-electron chi connectivity index (χ3n) is 4.37. The van der Waals surface area contributed by atoms with E-state index >= 15 is 0 Å². The fraction of sp³-hybridized carbons (Fsp3) is 0.529. The Bertz CT molecular complexity index is 571. The maximum Gasteiger partial charge on any atom is 0.234 e. The van der Waals surface area contributed by atoms with E-state index < -0.39 is 0 Å². The van der Waals surface area contributed by atoms with Gasteiger partial charge in [0, 0.05) is 37.9 Å². The third-order valence-corrected chi connectivity index (χ3v) is 4.37. The van der Waals surface area contributed by atoms with Crippen LogP contribution in [0.5, 0.6) is 0 Å². The van der Waals surface area contributed by atoms with E-state index in [0.717, 1.165) is 31.5 Å². The standard InChI is InChI=1S/C17H24N4O2.2ClH/c18-14-3-1-13(2-4-14)11-17(23)21-9-7-20(8-10-21)12-16(22)19-15-5-6-15;;/h1-4,15H,5-12,18H2,(H,19,22);2*1H. The SMILES string of the molecule is Cl.Cl.Nc1ccc(CC(=O)N2CCN(CC(=O)NC3CC3)CC2)cc1. The molecule has 3 rings (SSSR count). The molecule has 2 fully saturated rings. The fourth-order valence-corrected chi connectivity index (χ4v) is 2.78. The predicted octanol–water partition coefficient (Wildman–Crippen LogP) is 1.08. The van der Waals surface area contributed by atoms with Crippen LogP contribution >= 0.6 is 24.8 Å². The largest absolute Gasteiger partial charge is 0.399 e. The topological polar surface area (TPSA) is 78.7 Å². The zero-order valence-electron chi connectivity index (χ0n) is 14.1. The van der Waals surface area contributed by atoms with E-state index in [-0.39, 0.29) is 36.6 Å². The highest BCUT2D eigenvalue weighted by Crippen LogP contribution is 2.18. The van der Waals surface area contributed by atoms with Crippen molar-refractivity contribution in [3.05, 3.63) is 29.8 Å². The number of nitrogens with one attached hydrogen (secondary N) is 1. The Morgan fingerprint density at radius 1 is 1.04 bits per heavy atom. The first kappa shape index (κ1) is 21.5. The van der Waals surface area contributed by atoms with Gasteiger partial charge in [-0.15, -0.1) is 24.8 Å². The molecule has 1 saturated carbocycles. The van der Waals surface area contributed by atoms with Crippen molar-refractivity contribution in [2.75, 3.05) is 38.5 Å². The number of carbonyl (C=O) groups is 2. The number of amides is 2. The minimum Gasteiger partial charge on any atom is -0.399 e. The van der Waals surface area contributed by atoms with Gasteiger partial charge < -0.3 is 16.0 Å². The summed E-state index contributed by atoms with van der Waals surface area (Å²) in [6.45, 7) is 3.32. The molecule has 0 atom stereocenters. The Morgan fingerprint density at radius 3 is 2.20 bits per heavy atom. The molecule has 6 nitrogen and oxygen atoms in total. The Morgan fingerprint density at radius 2 is 1.64 bits per heavy atom. The first-order valence-corrected chi connectivity index (χ1v) is 8.24. The number of hydrogen-bond donors (Lipinski definition) is 2. The molecule has 0 unspecified atom stereocenters. The van der Waals surface area contributed by atoms with Crippen LogP contribution in [0.25, 0.3) is 0 Å². The summed E-state index contributed by atoms with van der Waals surface area (Å²) in [5, 5.41) is 3.00. The Hall–Kier alpha value is -1.50. The van der Waals surface area contributed by atoms with E-state index in [1.165, 1.54) is 0 Å². The lowest BCUT2D eigenvalue weighted by molar-refractivity contribution is -0.132. The van der Waals surface area contributed by atoms with Gasteiger partial charge in [-0.1, -0.05) is 12.1 Å². The molecule has 1 saturated heterocycles. The predicted molar refractivity (Wildman–Crippen MR) is 103 cm³/mol. The number of piperazine rings is 1. The quantitative estimate of drug-likeness (QED) is 0.739. The number of carbonyl (C=O) groups excluding carboxylic acids is 2.